The first-order chi connectivity index (χ1) is 67.7. The predicted molar refractivity (Wildman–Crippen MR) is 526 cm³/mol. The summed E-state index contributed by atoms with van der Waals surface area (Å²) in [5.74, 6) is -0.204. The van der Waals surface area contributed by atoms with Crippen LogP contribution in [-0.4, -0.2) is 165 Å². The number of piperidine rings is 2. The zero-order valence-electron chi connectivity index (χ0n) is 79.3. The fraction of sp³-hybridized carbons (Fsp3) is 0.265. The second-order valence-corrected chi connectivity index (χ2v) is 36.4. The van der Waals surface area contributed by atoms with Gasteiger partial charge in [-0.2, -0.15) is 5.10 Å². The van der Waals surface area contributed by atoms with E-state index in [2.05, 4.69) is 46.0 Å². The summed E-state index contributed by atoms with van der Waals surface area (Å²) in [4.78, 5) is 180. The van der Waals surface area contributed by atoms with Crippen molar-refractivity contribution in [2.75, 3.05) is 43.4 Å². The second kappa shape index (κ2) is 44.8. The monoisotopic (exact) mass is 1930 g/mol. The van der Waals surface area contributed by atoms with Crippen LogP contribution in [0.2, 0.25) is 0 Å². The van der Waals surface area contributed by atoms with Crippen molar-refractivity contribution in [1.29, 1.82) is 0 Å². The molecule has 0 spiro atoms. The number of fused-ring (bicyclic) bond motifs is 5. The average Bonchev–Trinajstić information content (AvgIpc) is 1.04. The maximum absolute atomic E-state index is 13.2. The van der Waals surface area contributed by atoms with Crippen LogP contribution < -0.4 is 75.9 Å². The number of hydroxylamine groups is 5. The fourth-order valence-corrected chi connectivity index (χ4v) is 15.9. The van der Waals surface area contributed by atoms with Crippen LogP contribution in [0.5, 0.6) is 5.75 Å². The van der Waals surface area contributed by atoms with Gasteiger partial charge in [0.05, 0.1) is 74.7 Å². The smallest absolute Gasteiger partial charge is 0.410 e. The number of carbonyl (C=O) groups excluding carboxylic acids is 8. The highest BCUT2D eigenvalue weighted by atomic mass is 16.6. The summed E-state index contributed by atoms with van der Waals surface area (Å²) in [6.45, 7) is 22.6. The van der Waals surface area contributed by atoms with E-state index in [0.29, 0.717) is 147 Å². The first-order valence-corrected chi connectivity index (χ1v) is 45.1. The van der Waals surface area contributed by atoms with Crippen LogP contribution in [0.25, 0.3) is 65.6 Å². The van der Waals surface area contributed by atoms with E-state index < -0.39 is 46.0 Å². The van der Waals surface area contributed by atoms with Gasteiger partial charge in [0.25, 0.3) is 57.3 Å². The molecule has 0 unspecified atom stereocenters. The Labute approximate surface area is 809 Å². The van der Waals surface area contributed by atoms with E-state index in [0.717, 1.165) is 54.6 Å². The van der Waals surface area contributed by atoms with Gasteiger partial charge in [0, 0.05) is 111 Å². The normalized spacial score (nSPS) is 13.1. The van der Waals surface area contributed by atoms with Gasteiger partial charge in [0.2, 0.25) is 11.8 Å². The van der Waals surface area contributed by atoms with Gasteiger partial charge < -0.3 is 44.7 Å². The molecule has 2 aliphatic heterocycles. The summed E-state index contributed by atoms with van der Waals surface area (Å²) in [6.07, 6.45) is 8.05. The number of benzene rings is 8. The number of likely N-dealkylation sites (tertiary alicyclic amines) is 1. The summed E-state index contributed by atoms with van der Waals surface area (Å²) in [7, 11) is 0. The SMILES string of the molecule is CC(C)(C)OC(=O)N1CCC(C)(C(=O)Nc2cccc(-n3ccc4ccc(C(=O)NO)cc4c3=O)c2)CC1.CC(C)(COc1ccccc1)Cn1cnc2ccc(C(=O)NO)cc2c1=O.CC1(C(=O)Nc2cccc(-n3ccc4ccc(C(=O)NO)cc4c3=O)c2)CCNCC1.Cc1cc(C)n(Cc2nc3cc(C(=O)NO)ccc3c(=O)[nH]2)n1.Cc1ccc(CCc2nc3cc(C(=O)NO)ccc3c(=O)[nH]2)o1. The third-order valence-electron chi connectivity index (χ3n) is 23.8. The summed E-state index contributed by atoms with van der Waals surface area (Å²) < 4.78 is 22.9. The molecule has 17 rings (SSSR count). The highest BCUT2D eigenvalue weighted by Gasteiger charge is 2.40. The lowest BCUT2D eigenvalue weighted by atomic mass is 9.79. The number of para-hydroxylation sites is 1. The van der Waals surface area contributed by atoms with Crippen LogP contribution in [0.15, 0.2) is 247 Å². The van der Waals surface area contributed by atoms with Gasteiger partial charge in [-0.15, -0.1) is 0 Å². The maximum atomic E-state index is 13.2. The van der Waals surface area contributed by atoms with E-state index in [1.807, 2.05) is 118 Å². The van der Waals surface area contributed by atoms with E-state index in [4.69, 9.17) is 39.9 Å². The third kappa shape index (κ3) is 25.4. The first kappa shape index (κ1) is 103. The Morgan fingerprint density at radius 2 is 0.951 bits per heavy atom. The number of hydrogen-bond donors (Lipinski definition) is 15. The molecule has 0 aliphatic carbocycles. The molecular formula is C102H107N19O21. The van der Waals surface area contributed by atoms with Crippen LogP contribution >= 0.6 is 0 Å². The number of furan rings is 1. The molecule has 2 fully saturated rings. The lowest BCUT2D eigenvalue weighted by Gasteiger charge is -2.38. The number of hydrogen-bond acceptors (Lipinski definition) is 26. The Balaban J connectivity index is 0.000000151. The second-order valence-electron chi connectivity index (χ2n) is 36.4. The number of carbonyl (C=O) groups is 8. The topological polar surface area (TPSA) is 557 Å². The summed E-state index contributed by atoms with van der Waals surface area (Å²) in [6, 6.07) is 55.3. The van der Waals surface area contributed by atoms with Gasteiger partial charge in [-0.1, -0.05) is 70.2 Å². The number of aromatic amines is 2. The van der Waals surface area contributed by atoms with Crippen LogP contribution in [0.1, 0.15) is 160 Å². The van der Waals surface area contributed by atoms with Crippen molar-refractivity contribution in [2.24, 2.45) is 16.2 Å². The number of nitrogens with one attached hydrogen (secondary N) is 10. The molecule has 142 heavy (non-hydrogen) atoms. The average molecular weight is 1940 g/mol. The minimum Gasteiger partial charge on any atom is -0.493 e. The summed E-state index contributed by atoms with van der Waals surface area (Å²) in [5.41, 5.74) is 10.7. The predicted octanol–water partition coefficient (Wildman–Crippen LogP) is 11.8. The number of aryl methyl sites for hydroxylation is 5. The highest BCUT2D eigenvalue weighted by molar-refractivity contribution is 6.02. The van der Waals surface area contributed by atoms with Gasteiger partial charge in [-0.05, 0) is 249 Å². The minimum absolute atomic E-state index is 0.0309. The van der Waals surface area contributed by atoms with E-state index >= 15 is 0 Å². The van der Waals surface area contributed by atoms with Crippen molar-refractivity contribution in [3.8, 4) is 17.1 Å². The molecule has 40 nitrogen and oxygen atoms in total. The molecule has 7 aromatic heterocycles. The Morgan fingerprint density at radius 1 is 0.479 bits per heavy atom. The lowest BCUT2D eigenvalue weighted by Crippen LogP contribution is -2.48. The van der Waals surface area contributed by atoms with Gasteiger partial charge in [0.15, 0.2) is 0 Å². The molecule has 0 radical (unpaired) electrons. The number of amides is 8. The van der Waals surface area contributed by atoms with Crippen molar-refractivity contribution in [2.45, 2.75) is 126 Å². The van der Waals surface area contributed by atoms with E-state index in [-0.39, 0.29) is 78.9 Å². The number of rotatable bonds is 21. The molecule has 40 heteroatoms. The van der Waals surface area contributed by atoms with Crippen molar-refractivity contribution in [1.82, 2.24) is 86.0 Å². The zero-order valence-corrected chi connectivity index (χ0v) is 79.3. The lowest BCUT2D eigenvalue weighted by molar-refractivity contribution is -0.127. The van der Waals surface area contributed by atoms with E-state index in [9.17, 15) is 62.3 Å². The highest BCUT2D eigenvalue weighted by Crippen LogP contribution is 2.35. The quantitative estimate of drug-likeness (QED) is 0.0235. The molecule has 2 aliphatic rings. The molecule has 15 aromatic rings. The molecule has 2 saturated heterocycles. The number of anilines is 2. The van der Waals surface area contributed by atoms with Crippen LogP contribution in [0, 0.1) is 37.0 Å². The fourth-order valence-electron chi connectivity index (χ4n) is 15.9. The summed E-state index contributed by atoms with van der Waals surface area (Å²) >= 11 is 0. The molecule has 0 saturated carbocycles. The Bertz CT molecular complexity index is 7610. The van der Waals surface area contributed by atoms with Crippen molar-refractivity contribution >= 4 is 113 Å². The molecule has 8 aromatic carbocycles. The Hall–Kier alpha value is -16.8. The largest absolute Gasteiger partial charge is 0.493 e. The molecule has 15 N–H and O–H groups in total. The van der Waals surface area contributed by atoms with Gasteiger partial charge in [-0.3, -0.25) is 102 Å². The molecule has 0 bridgehead atoms. The molecule has 9 heterocycles. The molecule has 8 amide bonds. The summed E-state index contributed by atoms with van der Waals surface area (Å²) in [5, 5.41) is 60.5. The van der Waals surface area contributed by atoms with E-state index in [1.165, 1.54) is 92.8 Å². The molecule has 736 valence electrons. The number of pyridine rings is 2. The van der Waals surface area contributed by atoms with Gasteiger partial charge in [-0.25, -0.2) is 47.1 Å². The minimum atomic E-state index is -0.711. The van der Waals surface area contributed by atoms with Crippen LogP contribution in [0.3, 0.4) is 0 Å². The van der Waals surface area contributed by atoms with Crippen LogP contribution in [-0.2, 0) is 40.3 Å². The number of H-pyrrole nitrogens is 2. The standard InChI is InChI=1S/C28H32N4O6.C23H24N4O4.C20H21N3O4.C16H15N3O4.C15H15N5O3/c1-27(2,3)38-26(36)31-14-11-28(4,12-15-31)25(35)29-20-6-5-7-21(17-20)32-13-10-18-8-9-19(23(33)30-37)16-22(18)24(32)34;1-23(8-10-24-11-9-23)22(30)25-17-3-2-4-18(14-17)27-12-7-15-5-6-16(20(28)26-31)13-19(15)21(27)29;1-20(2,12-27-15-6-4-3-5-7-15)11-23-13-21-17-9-8-14(18(24)22-26)10-16(17)19(23)25;1-9-2-4-11(23-9)5-7-14-17-13-8-10(15(20)19-22)3-6-12(13)16(21)18-14;1-8-5-9(2)20(18-8)7-13-16-12-6-10(14(21)19-23)3-4-11(12)15(22)17-13/h5-10,13,16-17,37H,11-12,14-15H2,1-4H3,(H,29,35)(H,30,33);2-7,12-14,24,31H,8-11H2,1H3,(H,25,30)(H,26,28);3-10,13,26H,11-12H2,1-2H3,(H,22,24);2-4,6,8,22H,5,7H2,1H3,(H,19,20)(H,17,18,21);3-6,23H,7H2,1-2H3,(H,19,21)(H,16,17,22). The van der Waals surface area contributed by atoms with Crippen molar-refractivity contribution < 1.29 is 78.3 Å². The van der Waals surface area contributed by atoms with Crippen LogP contribution in [0.4, 0.5) is 16.2 Å². The zero-order chi connectivity index (χ0) is 102. The Kier molecular flexibility index (Phi) is 32.4. The van der Waals surface area contributed by atoms with Crippen molar-refractivity contribution in [3.05, 3.63) is 333 Å². The van der Waals surface area contributed by atoms with Gasteiger partial charge in [0.1, 0.15) is 34.5 Å². The van der Waals surface area contributed by atoms with Gasteiger partial charge >= 0.3 is 6.09 Å². The maximum Gasteiger partial charge on any atom is 0.410 e. The Morgan fingerprint density at radius 3 is 1.43 bits per heavy atom. The number of nitrogens with zero attached hydrogens (tertiary/aromatic N) is 9. The third-order valence-corrected chi connectivity index (χ3v) is 23.8. The van der Waals surface area contributed by atoms with Crippen molar-refractivity contribution in [3.63, 3.8) is 0 Å². The molecule has 0 atom stereocenters. The molecular weight excluding hydrogens is 1830 g/mol. The first-order valence-electron chi connectivity index (χ1n) is 45.1. The number of aromatic nitrogens is 10. The number of ether oxygens (including phenoxy) is 2. The van der Waals surface area contributed by atoms with E-state index in [1.54, 1.807) is 128 Å².